The molecular weight excluding hydrogens is 308 g/mol. The van der Waals surface area contributed by atoms with E-state index in [1.165, 1.54) is 11.8 Å². The Morgan fingerprint density at radius 1 is 1.17 bits per heavy atom. The molecule has 0 spiro atoms. The first-order valence-electron chi connectivity index (χ1n) is 7.63. The van der Waals surface area contributed by atoms with Crippen LogP contribution in [0.15, 0.2) is 53.8 Å². The Kier molecular flexibility index (Phi) is 3.75. The normalized spacial score (nSPS) is 14.1. The quantitative estimate of drug-likeness (QED) is 0.557. The van der Waals surface area contributed by atoms with Crippen molar-refractivity contribution in [2.75, 3.05) is 5.75 Å². The van der Waals surface area contributed by atoms with Crippen LogP contribution in [0, 0.1) is 0 Å². The van der Waals surface area contributed by atoms with Crippen LogP contribution in [-0.2, 0) is 0 Å². The number of H-pyrrole nitrogens is 1. The van der Waals surface area contributed by atoms with E-state index in [-0.39, 0.29) is 5.78 Å². The second-order valence-electron chi connectivity index (χ2n) is 5.58. The molecule has 1 fully saturated rings. The molecule has 0 unspecified atom stereocenters. The summed E-state index contributed by atoms with van der Waals surface area (Å²) in [6, 6.07) is 13.7. The molecule has 0 radical (unpaired) electrons. The van der Waals surface area contributed by atoms with E-state index in [1.807, 2.05) is 36.4 Å². The van der Waals surface area contributed by atoms with E-state index in [1.54, 1.807) is 12.3 Å². The number of para-hydroxylation sites is 1. The van der Waals surface area contributed by atoms with E-state index in [2.05, 4.69) is 19.7 Å². The first-order chi connectivity index (χ1) is 11.3. The van der Waals surface area contributed by atoms with Crippen LogP contribution in [0.2, 0.25) is 0 Å². The Balaban J connectivity index is 1.60. The highest BCUT2D eigenvalue weighted by Gasteiger charge is 2.31. The van der Waals surface area contributed by atoms with Gasteiger partial charge >= 0.3 is 0 Å². The Bertz CT molecular complexity index is 807. The molecule has 1 saturated carbocycles. The third-order valence-corrected chi connectivity index (χ3v) is 4.77. The van der Waals surface area contributed by atoms with Gasteiger partial charge in [-0.05, 0) is 37.1 Å². The third-order valence-electron chi connectivity index (χ3n) is 3.85. The fourth-order valence-corrected chi connectivity index (χ4v) is 3.35. The van der Waals surface area contributed by atoms with Gasteiger partial charge in [-0.1, -0.05) is 30.0 Å². The summed E-state index contributed by atoms with van der Waals surface area (Å²) >= 11 is 1.43. The van der Waals surface area contributed by atoms with Crippen molar-refractivity contribution >= 4 is 17.5 Å². The maximum atomic E-state index is 12.2. The van der Waals surface area contributed by atoms with Gasteiger partial charge in [0.25, 0.3) is 0 Å². The number of benzene rings is 1. The number of carbonyl (C=O) groups is 1. The molecule has 4 rings (SSSR count). The maximum absolute atomic E-state index is 12.2. The molecule has 3 aromatic rings. The highest BCUT2D eigenvalue weighted by Crippen LogP contribution is 2.41. The molecule has 1 N–H and O–H groups in total. The van der Waals surface area contributed by atoms with Gasteiger partial charge < -0.3 is 4.98 Å². The molecule has 2 aromatic heterocycles. The number of nitrogens with one attached hydrogen (secondary N) is 1. The lowest BCUT2D eigenvalue weighted by Gasteiger charge is -2.09. The monoisotopic (exact) mass is 324 g/mol. The Morgan fingerprint density at radius 3 is 2.70 bits per heavy atom. The highest BCUT2D eigenvalue weighted by atomic mass is 32.2. The average molecular weight is 324 g/mol. The van der Waals surface area contributed by atoms with Crippen LogP contribution >= 0.6 is 11.8 Å². The maximum Gasteiger partial charge on any atom is 0.196 e. The zero-order valence-electron chi connectivity index (χ0n) is 12.5. The van der Waals surface area contributed by atoms with E-state index in [0.29, 0.717) is 17.4 Å². The summed E-state index contributed by atoms with van der Waals surface area (Å²) in [5, 5.41) is 9.46. The van der Waals surface area contributed by atoms with Crippen LogP contribution in [0.4, 0.5) is 0 Å². The summed E-state index contributed by atoms with van der Waals surface area (Å²) in [5.74, 6) is 1.91. The molecule has 6 heteroatoms. The molecule has 1 aliphatic carbocycles. The Labute approximate surface area is 138 Å². The van der Waals surface area contributed by atoms with Crippen molar-refractivity contribution in [2.24, 2.45) is 0 Å². The standard InChI is InChI=1S/C17H16N4OS/c22-15(14-7-4-10-18-14)11-23-17-20-19-16(12-8-9-12)21(17)13-5-2-1-3-6-13/h1-7,10,12,18H,8-9,11H2. The zero-order valence-corrected chi connectivity index (χ0v) is 13.3. The number of rotatable bonds is 6. The molecule has 2 heterocycles. The average Bonchev–Trinajstić information content (AvgIpc) is 3.13. The van der Waals surface area contributed by atoms with Crippen LogP contribution in [0.5, 0.6) is 0 Å². The van der Waals surface area contributed by atoms with Crippen molar-refractivity contribution in [1.82, 2.24) is 19.7 Å². The van der Waals surface area contributed by atoms with Crippen molar-refractivity contribution in [3.63, 3.8) is 0 Å². The number of aromatic amines is 1. The Morgan fingerprint density at radius 2 is 2.00 bits per heavy atom. The number of hydrogen-bond donors (Lipinski definition) is 1. The van der Waals surface area contributed by atoms with Crippen molar-refractivity contribution in [2.45, 2.75) is 23.9 Å². The van der Waals surface area contributed by atoms with Gasteiger partial charge in [0.15, 0.2) is 10.9 Å². The molecule has 1 aromatic carbocycles. The molecule has 0 bridgehead atoms. The van der Waals surface area contributed by atoms with Crippen LogP contribution in [0.1, 0.15) is 35.1 Å². The zero-order chi connectivity index (χ0) is 15.6. The molecule has 0 saturated heterocycles. The first kappa shape index (κ1) is 14.3. The van der Waals surface area contributed by atoms with Gasteiger partial charge in [0, 0.05) is 17.8 Å². The fraction of sp³-hybridized carbons (Fsp3) is 0.235. The summed E-state index contributed by atoms with van der Waals surface area (Å²) in [4.78, 5) is 15.1. The lowest BCUT2D eigenvalue weighted by Crippen LogP contribution is -2.05. The lowest BCUT2D eigenvalue weighted by atomic mass is 10.3. The van der Waals surface area contributed by atoms with Crippen LogP contribution in [0.25, 0.3) is 5.69 Å². The van der Waals surface area contributed by atoms with E-state index >= 15 is 0 Å². The molecule has 23 heavy (non-hydrogen) atoms. The van der Waals surface area contributed by atoms with Gasteiger partial charge in [0.1, 0.15) is 5.82 Å². The minimum atomic E-state index is 0.0654. The van der Waals surface area contributed by atoms with Gasteiger partial charge in [-0.2, -0.15) is 0 Å². The van der Waals surface area contributed by atoms with Crippen molar-refractivity contribution < 1.29 is 4.79 Å². The third kappa shape index (κ3) is 2.94. The van der Waals surface area contributed by atoms with Crippen LogP contribution < -0.4 is 0 Å². The number of carbonyl (C=O) groups excluding carboxylic acids is 1. The molecule has 0 atom stereocenters. The van der Waals surface area contributed by atoms with E-state index < -0.39 is 0 Å². The number of hydrogen-bond acceptors (Lipinski definition) is 4. The molecule has 1 aliphatic rings. The van der Waals surface area contributed by atoms with Crippen molar-refractivity contribution in [1.29, 1.82) is 0 Å². The molecule has 5 nitrogen and oxygen atoms in total. The number of thioether (sulfide) groups is 1. The molecule has 0 amide bonds. The van der Waals surface area contributed by atoms with E-state index in [0.717, 1.165) is 29.5 Å². The summed E-state index contributed by atoms with van der Waals surface area (Å²) in [7, 11) is 0. The first-order valence-corrected chi connectivity index (χ1v) is 8.61. The van der Waals surface area contributed by atoms with Crippen molar-refractivity contribution in [3.05, 3.63) is 60.2 Å². The van der Waals surface area contributed by atoms with Crippen molar-refractivity contribution in [3.8, 4) is 5.69 Å². The van der Waals surface area contributed by atoms with Gasteiger partial charge in [-0.15, -0.1) is 10.2 Å². The number of aromatic nitrogens is 4. The minimum Gasteiger partial charge on any atom is -0.359 e. The largest absolute Gasteiger partial charge is 0.359 e. The molecule has 0 aliphatic heterocycles. The second kappa shape index (κ2) is 6.04. The summed E-state index contributed by atoms with van der Waals surface area (Å²) in [6.45, 7) is 0. The van der Waals surface area contributed by atoms with E-state index in [9.17, 15) is 4.79 Å². The summed E-state index contributed by atoms with van der Waals surface area (Å²) in [5.41, 5.74) is 1.68. The summed E-state index contributed by atoms with van der Waals surface area (Å²) < 4.78 is 2.09. The topological polar surface area (TPSA) is 63.6 Å². The van der Waals surface area contributed by atoms with Crippen LogP contribution in [0.3, 0.4) is 0 Å². The van der Waals surface area contributed by atoms with Gasteiger partial charge in [0.2, 0.25) is 0 Å². The lowest BCUT2D eigenvalue weighted by molar-refractivity contribution is 0.101. The summed E-state index contributed by atoms with van der Waals surface area (Å²) in [6.07, 6.45) is 4.09. The van der Waals surface area contributed by atoms with Crippen LogP contribution in [-0.4, -0.2) is 31.3 Å². The SMILES string of the molecule is O=C(CSc1nnc(C2CC2)n1-c1ccccc1)c1ccc[nH]1. The predicted molar refractivity (Wildman–Crippen MR) is 89.2 cm³/mol. The number of ketones is 1. The number of Topliss-reactive ketones (excluding diaryl/α,β-unsaturated/α-hetero) is 1. The van der Waals surface area contributed by atoms with Gasteiger partial charge in [-0.3, -0.25) is 9.36 Å². The highest BCUT2D eigenvalue weighted by molar-refractivity contribution is 7.99. The molecular formula is C17H16N4OS. The van der Waals surface area contributed by atoms with Gasteiger partial charge in [-0.25, -0.2) is 0 Å². The van der Waals surface area contributed by atoms with Gasteiger partial charge in [0.05, 0.1) is 11.4 Å². The predicted octanol–water partition coefficient (Wildman–Crippen LogP) is 3.45. The Hall–Kier alpha value is -2.34. The van der Waals surface area contributed by atoms with E-state index in [4.69, 9.17) is 0 Å². The fourth-order valence-electron chi connectivity index (χ4n) is 2.51. The molecule has 116 valence electrons. The second-order valence-corrected chi connectivity index (χ2v) is 6.52. The number of nitrogens with zero attached hydrogens (tertiary/aromatic N) is 3. The smallest absolute Gasteiger partial charge is 0.196 e. The minimum absolute atomic E-state index is 0.0654.